The van der Waals surface area contributed by atoms with E-state index in [4.69, 9.17) is 0 Å². The minimum absolute atomic E-state index is 0.0966. The van der Waals surface area contributed by atoms with E-state index in [1.807, 2.05) is 4.90 Å². The van der Waals surface area contributed by atoms with E-state index >= 15 is 0 Å². The molecule has 3 amide bonds. The predicted molar refractivity (Wildman–Crippen MR) is 144 cm³/mol. The van der Waals surface area contributed by atoms with E-state index in [-0.39, 0.29) is 41.9 Å². The lowest BCUT2D eigenvalue weighted by atomic mass is 9.85. The van der Waals surface area contributed by atoms with Crippen LogP contribution in [0.25, 0.3) is 0 Å². The second kappa shape index (κ2) is 11.1. The third kappa shape index (κ3) is 5.73. The lowest BCUT2D eigenvalue weighted by molar-refractivity contribution is -0.139. The summed E-state index contributed by atoms with van der Waals surface area (Å²) >= 11 is 0. The lowest BCUT2D eigenvalue weighted by Gasteiger charge is -2.44. The first kappa shape index (κ1) is 29.9. The first-order chi connectivity index (χ1) is 19.2. The molecule has 220 valence electrons. The highest BCUT2D eigenvalue weighted by Gasteiger charge is 2.53. The summed E-state index contributed by atoms with van der Waals surface area (Å²) in [7, 11) is 1.69. The number of carbonyl (C=O) groups is 4. The molecule has 0 aromatic heterocycles. The number of halogens is 3. The lowest BCUT2D eigenvalue weighted by Crippen LogP contribution is -2.60. The molecule has 0 unspecified atom stereocenters. The molecule has 2 N–H and O–H groups in total. The van der Waals surface area contributed by atoms with Crippen LogP contribution in [0.2, 0.25) is 0 Å². The Labute approximate surface area is 235 Å². The Morgan fingerprint density at radius 1 is 1.02 bits per heavy atom. The number of rotatable bonds is 6. The molecule has 2 aliphatic rings. The van der Waals surface area contributed by atoms with E-state index in [0.717, 1.165) is 12.1 Å². The van der Waals surface area contributed by atoms with Crippen LogP contribution in [-0.4, -0.2) is 77.0 Å². The van der Waals surface area contributed by atoms with Gasteiger partial charge in [0.05, 0.1) is 17.8 Å². The number of nitrogens with zero attached hydrogens (tertiary/aromatic N) is 3. The molecule has 0 radical (unpaired) electrons. The van der Waals surface area contributed by atoms with Crippen molar-refractivity contribution in [3.05, 3.63) is 64.7 Å². The summed E-state index contributed by atoms with van der Waals surface area (Å²) in [6, 6.07) is 8.23. The maximum atomic E-state index is 13.6. The van der Waals surface area contributed by atoms with E-state index in [1.54, 1.807) is 42.8 Å². The van der Waals surface area contributed by atoms with E-state index in [2.05, 4.69) is 5.32 Å². The fourth-order valence-corrected chi connectivity index (χ4v) is 5.55. The molecule has 2 fully saturated rings. The van der Waals surface area contributed by atoms with Crippen molar-refractivity contribution in [3.8, 4) is 0 Å². The molecule has 2 aromatic rings. The quantitative estimate of drug-likeness (QED) is 0.544. The summed E-state index contributed by atoms with van der Waals surface area (Å²) < 4.78 is 39.7. The minimum atomic E-state index is -4.61. The maximum absolute atomic E-state index is 13.6. The van der Waals surface area contributed by atoms with Crippen LogP contribution >= 0.6 is 0 Å². The molecule has 2 saturated heterocycles. The van der Waals surface area contributed by atoms with Crippen LogP contribution in [0.1, 0.15) is 58.5 Å². The average Bonchev–Trinajstić information content (AvgIpc) is 3.16. The molecule has 9 nitrogen and oxygen atoms in total. The number of likely N-dealkylation sites (tertiary alicyclic amines) is 1. The topological polar surface area (TPSA) is 110 Å². The first-order valence-corrected chi connectivity index (χ1v) is 13.3. The highest BCUT2D eigenvalue weighted by atomic mass is 19.4. The van der Waals surface area contributed by atoms with Crippen LogP contribution < -0.4 is 10.2 Å². The van der Waals surface area contributed by atoms with Gasteiger partial charge in [-0.25, -0.2) is 4.79 Å². The fraction of sp³-hybridized carbons (Fsp3) is 0.448. The SMILES string of the molecule is Cc1ccc(C(F)(F)F)cc1C(=O)N[C@@H](C(=O)N1CCC2(CC1)C(=O)N(C)CN2c1ccc(C(=O)O)cc1)C(C)C. The van der Waals surface area contributed by atoms with E-state index < -0.39 is 35.2 Å². The Kier molecular flexibility index (Phi) is 8.06. The van der Waals surface area contributed by atoms with Gasteiger partial charge in [0.15, 0.2) is 0 Å². The van der Waals surface area contributed by atoms with Crippen LogP contribution in [0.15, 0.2) is 42.5 Å². The number of piperidine rings is 1. The number of alkyl halides is 3. The van der Waals surface area contributed by atoms with Crippen molar-refractivity contribution in [2.75, 3.05) is 31.7 Å². The molecular weight excluding hydrogens is 541 g/mol. The van der Waals surface area contributed by atoms with Gasteiger partial charge in [-0.15, -0.1) is 0 Å². The standard InChI is InChI=1S/C29H33F3N4O5/c1-17(2)23(33-24(37)22-15-20(29(30,31)32)8-5-18(22)3)25(38)35-13-11-28(12-14-35)27(41)34(4)16-36(28)21-9-6-19(7-10-21)26(39)40/h5-10,15,17,23H,11-14,16H2,1-4H3,(H,33,37)(H,39,40)/t23-/m1/s1. The van der Waals surface area contributed by atoms with Gasteiger partial charge in [0, 0.05) is 31.4 Å². The van der Waals surface area contributed by atoms with Gasteiger partial charge in [-0.3, -0.25) is 14.4 Å². The van der Waals surface area contributed by atoms with Gasteiger partial charge >= 0.3 is 12.1 Å². The van der Waals surface area contributed by atoms with Gasteiger partial charge in [-0.05, 0) is 67.6 Å². The minimum Gasteiger partial charge on any atom is -0.478 e. The Morgan fingerprint density at radius 2 is 1.63 bits per heavy atom. The number of benzene rings is 2. The van der Waals surface area contributed by atoms with Crippen molar-refractivity contribution in [1.29, 1.82) is 0 Å². The molecule has 1 spiro atoms. The van der Waals surface area contributed by atoms with Gasteiger partial charge in [0.2, 0.25) is 11.8 Å². The summed E-state index contributed by atoms with van der Waals surface area (Å²) in [4.78, 5) is 56.4. The van der Waals surface area contributed by atoms with Crippen molar-refractivity contribution in [2.24, 2.45) is 5.92 Å². The maximum Gasteiger partial charge on any atom is 0.416 e. The van der Waals surface area contributed by atoms with Crippen LogP contribution in [0.4, 0.5) is 18.9 Å². The van der Waals surface area contributed by atoms with Gasteiger partial charge < -0.3 is 25.1 Å². The van der Waals surface area contributed by atoms with Crippen LogP contribution in [-0.2, 0) is 15.8 Å². The average molecular weight is 575 g/mol. The second-order valence-electron chi connectivity index (χ2n) is 11.0. The molecule has 2 aliphatic heterocycles. The molecule has 2 aromatic carbocycles. The fourth-order valence-electron chi connectivity index (χ4n) is 5.55. The van der Waals surface area contributed by atoms with Gasteiger partial charge in [0.25, 0.3) is 5.91 Å². The van der Waals surface area contributed by atoms with E-state index in [0.29, 0.717) is 30.8 Å². The Morgan fingerprint density at radius 3 is 2.17 bits per heavy atom. The Hall–Kier alpha value is -4.09. The number of carbonyl (C=O) groups excluding carboxylic acids is 3. The van der Waals surface area contributed by atoms with Crippen LogP contribution in [0.3, 0.4) is 0 Å². The summed E-state index contributed by atoms with van der Waals surface area (Å²) in [5, 5.41) is 11.9. The van der Waals surface area contributed by atoms with E-state index in [1.165, 1.54) is 25.1 Å². The Balaban J connectivity index is 1.50. The molecular formula is C29H33F3N4O5. The van der Waals surface area contributed by atoms with Gasteiger partial charge in [-0.1, -0.05) is 19.9 Å². The third-order valence-corrected chi connectivity index (χ3v) is 7.97. The van der Waals surface area contributed by atoms with Crippen molar-refractivity contribution < 1.29 is 37.5 Å². The Bertz CT molecular complexity index is 1350. The number of likely N-dealkylation sites (N-methyl/N-ethyl adjacent to an activating group) is 1. The molecule has 12 heteroatoms. The molecule has 41 heavy (non-hydrogen) atoms. The number of anilines is 1. The number of amides is 3. The zero-order valence-electron chi connectivity index (χ0n) is 23.3. The molecule has 0 aliphatic carbocycles. The highest BCUT2D eigenvalue weighted by Crippen LogP contribution is 2.39. The zero-order chi connectivity index (χ0) is 30.3. The number of nitrogens with one attached hydrogen (secondary N) is 1. The largest absolute Gasteiger partial charge is 0.478 e. The number of carboxylic acid groups (broad SMARTS) is 1. The monoisotopic (exact) mass is 574 g/mol. The predicted octanol–water partition coefficient (Wildman–Crippen LogP) is 3.76. The van der Waals surface area contributed by atoms with Crippen molar-refractivity contribution in [2.45, 2.75) is 51.4 Å². The third-order valence-electron chi connectivity index (χ3n) is 7.97. The summed E-state index contributed by atoms with van der Waals surface area (Å²) in [6.07, 6.45) is -3.99. The smallest absolute Gasteiger partial charge is 0.416 e. The normalized spacial score (nSPS) is 17.8. The van der Waals surface area contributed by atoms with Crippen molar-refractivity contribution in [1.82, 2.24) is 15.1 Å². The summed E-state index contributed by atoms with van der Waals surface area (Å²) in [5.41, 5.74) is -0.844. The zero-order valence-corrected chi connectivity index (χ0v) is 23.3. The first-order valence-electron chi connectivity index (χ1n) is 13.3. The number of carboxylic acids is 1. The molecule has 2 heterocycles. The van der Waals surface area contributed by atoms with Crippen LogP contribution in [0, 0.1) is 12.8 Å². The summed E-state index contributed by atoms with van der Waals surface area (Å²) in [5.74, 6) is -2.64. The van der Waals surface area contributed by atoms with E-state index in [9.17, 15) is 37.5 Å². The highest BCUT2D eigenvalue weighted by molar-refractivity contribution is 5.99. The number of aryl methyl sites for hydroxylation is 1. The molecule has 4 rings (SSSR count). The number of aromatic carboxylic acids is 1. The number of hydrogen-bond acceptors (Lipinski definition) is 5. The molecule has 0 bridgehead atoms. The van der Waals surface area contributed by atoms with Crippen molar-refractivity contribution >= 4 is 29.4 Å². The van der Waals surface area contributed by atoms with Gasteiger partial charge in [0.1, 0.15) is 11.6 Å². The summed E-state index contributed by atoms with van der Waals surface area (Å²) in [6.45, 7) is 5.77. The second-order valence-corrected chi connectivity index (χ2v) is 11.0. The van der Waals surface area contributed by atoms with Crippen molar-refractivity contribution in [3.63, 3.8) is 0 Å². The number of hydrogen-bond donors (Lipinski definition) is 2. The van der Waals surface area contributed by atoms with Gasteiger partial charge in [-0.2, -0.15) is 13.2 Å². The molecule has 1 atom stereocenters. The molecule has 0 saturated carbocycles. The van der Waals surface area contributed by atoms with Crippen LogP contribution in [0.5, 0.6) is 0 Å².